The number of morpholine rings is 1. The van der Waals surface area contributed by atoms with Gasteiger partial charge in [-0.25, -0.2) is 0 Å². The number of hydrogen-bond donors (Lipinski definition) is 1. The van der Waals surface area contributed by atoms with E-state index in [-0.39, 0.29) is 24.2 Å². The van der Waals surface area contributed by atoms with Crippen LogP contribution in [-0.4, -0.2) is 50.2 Å². The summed E-state index contributed by atoms with van der Waals surface area (Å²) in [6.07, 6.45) is 1.08. The van der Waals surface area contributed by atoms with Crippen molar-refractivity contribution in [3.8, 4) is 0 Å². The number of hydrogen-bond acceptors (Lipinski definition) is 3. The first-order valence-electron chi connectivity index (χ1n) is 8.73. The third-order valence-electron chi connectivity index (χ3n) is 4.35. The van der Waals surface area contributed by atoms with E-state index >= 15 is 0 Å². The lowest BCUT2D eigenvalue weighted by molar-refractivity contribution is -0.122. The van der Waals surface area contributed by atoms with Crippen LogP contribution in [0.4, 0.5) is 0 Å². The summed E-state index contributed by atoms with van der Waals surface area (Å²) >= 11 is 0. The molecule has 2 rings (SSSR count). The second-order valence-electron chi connectivity index (χ2n) is 6.81. The van der Waals surface area contributed by atoms with E-state index in [0.29, 0.717) is 12.5 Å². The van der Waals surface area contributed by atoms with Crippen molar-refractivity contribution in [1.29, 1.82) is 0 Å². The zero-order valence-corrected chi connectivity index (χ0v) is 15.9. The minimum Gasteiger partial charge on any atom is -0.379 e. The molecule has 0 radical (unpaired) electrons. The fourth-order valence-corrected chi connectivity index (χ4v) is 2.88. The van der Waals surface area contributed by atoms with Crippen molar-refractivity contribution in [3.05, 3.63) is 35.4 Å². The second kappa shape index (κ2) is 10.7. The maximum atomic E-state index is 12.3. The molecule has 136 valence electrons. The van der Waals surface area contributed by atoms with E-state index in [1.807, 2.05) is 6.92 Å². The number of carbonyl (C=O) groups is 1. The number of carbonyl (C=O) groups excluding carboxylic acids is 1. The summed E-state index contributed by atoms with van der Waals surface area (Å²) in [6.45, 7) is 11.5. The Kier molecular flexibility index (Phi) is 9.34. The third kappa shape index (κ3) is 6.80. The largest absolute Gasteiger partial charge is 0.379 e. The molecule has 24 heavy (non-hydrogen) atoms. The fraction of sp³-hybridized carbons (Fsp3) is 0.632. The van der Waals surface area contributed by atoms with Gasteiger partial charge in [-0.05, 0) is 30.4 Å². The molecule has 4 nitrogen and oxygen atoms in total. The van der Waals surface area contributed by atoms with Crippen LogP contribution in [0.1, 0.15) is 37.8 Å². The Bertz CT molecular complexity index is 485. The lowest BCUT2D eigenvalue weighted by atomic mass is 9.96. The molecule has 1 saturated heterocycles. The van der Waals surface area contributed by atoms with Crippen LogP contribution in [0.25, 0.3) is 0 Å². The number of halogens is 1. The molecule has 1 aromatic rings. The number of rotatable bonds is 7. The Hall–Kier alpha value is -1.10. The molecule has 5 heteroatoms. The van der Waals surface area contributed by atoms with Crippen molar-refractivity contribution in [2.24, 2.45) is 5.92 Å². The van der Waals surface area contributed by atoms with Gasteiger partial charge in [0.2, 0.25) is 5.91 Å². The molecule has 0 saturated carbocycles. The van der Waals surface area contributed by atoms with E-state index in [4.69, 9.17) is 4.74 Å². The topological polar surface area (TPSA) is 41.6 Å². The number of nitrogens with zero attached hydrogens (tertiary/aromatic N) is 1. The third-order valence-corrected chi connectivity index (χ3v) is 4.35. The Balaban J connectivity index is 0.00000288. The molecule has 1 N–H and O–H groups in total. The second-order valence-corrected chi connectivity index (χ2v) is 6.81. The van der Waals surface area contributed by atoms with E-state index in [1.165, 1.54) is 5.56 Å². The molecular weight excluding hydrogens is 324 g/mol. The Morgan fingerprint density at radius 2 is 1.79 bits per heavy atom. The maximum absolute atomic E-state index is 12.3. The first-order chi connectivity index (χ1) is 11.1. The zero-order chi connectivity index (χ0) is 16.7. The summed E-state index contributed by atoms with van der Waals surface area (Å²) in [7, 11) is 0. The Labute approximate surface area is 152 Å². The summed E-state index contributed by atoms with van der Waals surface area (Å²) in [5, 5.41) is 3.05. The normalized spacial score (nSPS) is 16.5. The van der Waals surface area contributed by atoms with Gasteiger partial charge in [-0.1, -0.05) is 38.1 Å². The van der Waals surface area contributed by atoms with Gasteiger partial charge < -0.3 is 10.1 Å². The SMILES string of the molecule is CC(C)Cc1ccc(C(C)C(=O)NCCN2CCOCC2)cc1.Cl. The average Bonchev–Trinajstić information content (AvgIpc) is 2.55. The summed E-state index contributed by atoms with van der Waals surface area (Å²) in [5.74, 6) is 0.657. The minimum absolute atomic E-state index is 0. The fourth-order valence-electron chi connectivity index (χ4n) is 2.88. The molecule has 1 heterocycles. The van der Waals surface area contributed by atoms with Crippen LogP contribution < -0.4 is 5.32 Å². The van der Waals surface area contributed by atoms with Gasteiger partial charge in [0.15, 0.2) is 0 Å². The number of nitrogens with one attached hydrogen (secondary N) is 1. The van der Waals surface area contributed by atoms with Crippen molar-refractivity contribution in [1.82, 2.24) is 10.2 Å². The first-order valence-corrected chi connectivity index (χ1v) is 8.73. The summed E-state index contributed by atoms with van der Waals surface area (Å²) < 4.78 is 5.33. The molecule has 0 spiro atoms. The van der Waals surface area contributed by atoms with Crippen LogP contribution in [0.5, 0.6) is 0 Å². The van der Waals surface area contributed by atoms with Gasteiger partial charge in [0, 0.05) is 26.2 Å². The van der Waals surface area contributed by atoms with Crippen molar-refractivity contribution >= 4 is 18.3 Å². The van der Waals surface area contributed by atoms with Gasteiger partial charge in [-0.15, -0.1) is 12.4 Å². The van der Waals surface area contributed by atoms with Crippen LogP contribution in [0.3, 0.4) is 0 Å². The predicted octanol–water partition coefficient (Wildman–Crippen LogP) is 2.86. The van der Waals surface area contributed by atoms with Gasteiger partial charge >= 0.3 is 0 Å². The van der Waals surface area contributed by atoms with Crippen LogP contribution in [0.2, 0.25) is 0 Å². The quantitative estimate of drug-likeness (QED) is 0.818. The van der Waals surface area contributed by atoms with E-state index in [9.17, 15) is 4.79 Å². The van der Waals surface area contributed by atoms with Gasteiger partial charge in [-0.2, -0.15) is 0 Å². The van der Waals surface area contributed by atoms with Crippen molar-refractivity contribution in [3.63, 3.8) is 0 Å². The van der Waals surface area contributed by atoms with Gasteiger partial charge in [0.05, 0.1) is 19.1 Å². The number of benzene rings is 1. The van der Waals surface area contributed by atoms with Gasteiger partial charge in [0.1, 0.15) is 0 Å². The highest BCUT2D eigenvalue weighted by molar-refractivity contribution is 5.85. The van der Waals surface area contributed by atoms with Crippen molar-refractivity contribution in [2.45, 2.75) is 33.1 Å². The van der Waals surface area contributed by atoms with E-state index < -0.39 is 0 Å². The van der Waals surface area contributed by atoms with E-state index in [0.717, 1.165) is 44.8 Å². The van der Waals surface area contributed by atoms with Gasteiger partial charge in [0.25, 0.3) is 0 Å². The summed E-state index contributed by atoms with van der Waals surface area (Å²) in [4.78, 5) is 14.6. The molecular formula is C19H31ClN2O2. The molecule has 0 bridgehead atoms. The van der Waals surface area contributed by atoms with Crippen molar-refractivity contribution < 1.29 is 9.53 Å². The van der Waals surface area contributed by atoms with Crippen molar-refractivity contribution in [2.75, 3.05) is 39.4 Å². The molecule has 1 aliphatic rings. The molecule has 1 aliphatic heterocycles. The average molecular weight is 355 g/mol. The van der Waals surface area contributed by atoms with Crippen LogP contribution >= 0.6 is 12.4 Å². The van der Waals surface area contributed by atoms with Crippen LogP contribution in [-0.2, 0) is 16.0 Å². The minimum atomic E-state index is -0.104. The monoisotopic (exact) mass is 354 g/mol. The molecule has 1 amide bonds. The van der Waals surface area contributed by atoms with Gasteiger partial charge in [-0.3, -0.25) is 9.69 Å². The molecule has 1 aromatic carbocycles. The highest BCUT2D eigenvalue weighted by Crippen LogP contribution is 2.17. The van der Waals surface area contributed by atoms with Crippen LogP contribution in [0.15, 0.2) is 24.3 Å². The predicted molar refractivity (Wildman–Crippen MR) is 101 cm³/mol. The number of amides is 1. The smallest absolute Gasteiger partial charge is 0.227 e. The molecule has 1 unspecified atom stereocenters. The zero-order valence-electron chi connectivity index (χ0n) is 15.1. The Morgan fingerprint density at radius 1 is 1.17 bits per heavy atom. The van der Waals surface area contributed by atoms with E-state index in [1.54, 1.807) is 0 Å². The standard InChI is InChI=1S/C19H30N2O2.ClH/c1-15(2)14-17-4-6-18(7-5-17)16(3)19(22)20-8-9-21-10-12-23-13-11-21;/h4-7,15-16H,8-14H2,1-3H3,(H,20,22);1H. The van der Waals surface area contributed by atoms with Crippen LogP contribution in [0, 0.1) is 5.92 Å². The molecule has 0 aliphatic carbocycles. The highest BCUT2D eigenvalue weighted by atomic mass is 35.5. The molecule has 1 fully saturated rings. The first kappa shape index (κ1) is 20.9. The summed E-state index contributed by atoms with van der Waals surface area (Å²) in [5.41, 5.74) is 2.42. The molecule has 0 aromatic heterocycles. The number of ether oxygens (including phenoxy) is 1. The maximum Gasteiger partial charge on any atom is 0.227 e. The lowest BCUT2D eigenvalue weighted by Gasteiger charge is -2.26. The molecule has 1 atom stereocenters. The highest BCUT2D eigenvalue weighted by Gasteiger charge is 2.16. The summed E-state index contributed by atoms with van der Waals surface area (Å²) in [6, 6.07) is 8.47. The lowest BCUT2D eigenvalue weighted by Crippen LogP contribution is -2.42. The Morgan fingerprint density at radius 3 is 2.38 bits per heavy atom. The van der Waals surface area contributed by atoms with E-state index in [2.05, 4.69) is 48.3 Å².